The van der Waals surface area contributed by atoms with Gasteiger partial charge >= 0.3 is 5.97 Å². The lowest BCUT2D eigenvalue weighted by molar-refractivity contribution is -0.117. The molecule has 4 rings (SSSR count). The summed E-state index contributed by atoms with van der Waals surface area (Å²) < 4.78 is 5.28. The molecule has 0 fully saturated rings. The van der Waals surface area contributed by atoms with E-state index in [2.05, 4.69) is 19.9 Å². The third-order valence-electron chi connectivity index (χ3n) is 5.57. The minimum absolute atomic E-state index is 0.234. The average molecular weight is 385 g/mol. The predicted octanol–water partition coefficient (Wildman–Crippen LogP) is 4.88. The Labute approximate surface area is 170 Å². The lowest BCUT2D eigenvalue weighted by atomic mass is 9.83. The molecule has 4 heteroatoms. The Bertz CT molecular complexity index is 1140. The lowest BCUT2D eigenvalue weighted by Gasteiger charge is -2.23. The van der Waals surface area contributed by atoms with Crippen LogP contribution in [0.25, 0.3) is 10.8 Å². The molecule has 0 aromatic heterocycles. The summed E-state index contributed by atoms with van der Waals surface area (Å²) in [5.74, 6) is -0.730. The first-order valence-electron chi connectivity index (χ1n) is 9.62. The van der Waals surface area contributed by atoms with E-state index in [0.717, 1.165) is 22.2 Å². The van der Waals surface area contributed by atoms with Gasteiger partial charge in [-0.15, -0.1) is 0 Å². The largest absolute Gasteiger partial charge is 0.454 e. The molecule has 0 spiro atoms. The van der Waals surface area contributed by atoms with Gasteiger partial charge in [0.15, 0.2) is 12.4 Å². The van der Waals surface area contributed by atoms with Crippen LogP contribution in [0.15, 0.2) is 78.5 Å². The summed E-state index contributed by atoms with van der Waals surface area (Å²) in [7, 11) is 1.95. The van der Waals surface area contributed by atoms with Gasteiger partial charge < -0.3 is 9.64 Å². The standard InChI is InChI=1S/C25H23NO3/c1-25(2)21-10-6-7-11-22(21)26(3)23(25)15-20(27)16-29-24(28)19-13-12-17-8-4-5-9-18(17)14-19/h4-15H,16H2,1-3H3. The number of likely N-dealkylation sites (N-methyl/N-ethyl adjacent to an activating group) is 1. The number of benzene rings is 3. The molecule has 0 radical (unpaired) electrons. The highest BCUT2D eigenvalue weighted by atomic mass is 16.5. The number of esters is 1. The summed E-state index contributed by atoms with van der Waals surface area (Å²) in [6, 6.07) is 21.3. The van der Waals surface area contributed by atoms with E-state index in [-0.39, 0.29) is 17.8 Å². The van der Waals surface area contributed by atoms with Crippen molar-refractivity contribution in [3.8, 4) is 0 Å². The highest BCUT2D eigenvalue weighted by Gasteiger charge is 2.38. The van der Waals surface area contributed by atoms with E-state index in [1.165, 1.54) is 5.56 Å². The summed E-state index contributed by atoms with van der Waals surface area (Å²) in [5, 5.41) is 2.01. The highest BCUT2D eigenvalue weighted by molar-refractivity contribution is 5.98. The van der Waals surface area contributed by atoms with Crippen LogP contribution in [0.4, 0.5) is 5.69 Å². The van der Waals surface area contributed by atoms with Crippen molar-refractivity contribution in [2.45, 2.75) is 19.3 Å². The van der Waals surface area contributed by atoms with Crippen molar-refractivity contribution < 1.29 is 14.3 Å². The van der Waals surface area contributed by atoms with Crippen LogP contribution in [0, 0.1) is 0 Å². The summed E-state index contributed by atoms with van der Waals surface area (Å²) >= 11 is 0. The second-order valence-corrected chi connectivity index (χ2v) is 7.84. The van der Waals surface area contributed by atoms with Gasteiger partial charge in [0.05, 0.1) is 5.56 Å². The Morgan fingerprint density at radius 2 is 1.66 bits per heavy atom. The summed E-state index contributed by atoms with van der Waals surface area (Å²) in [6.07, 6.45) is 1.59. The average Bonchev–Trinajstić information content (AvgIpc) is 2.92. The first-order chi connectivity index (χ1) is 13.9. The zero-order chi connectivity index (χ0) is 20.6. The van der Waals surface area contributed by atoms with Gasteiger partial charge in [-0.3, -0.25) is 4.79 Å². The Balaban J connectivity index is 1.48. The maximum atomic E-state index is 12.6. The normalized spacial score (nSPS) is 16.1. The molecule has 1 aliphatic rings. The van der Waals surface area contributed by atoms with E-state index < -0.39 is 5.97 Å². The van der Waals surface area contributed by atoms with E-state index in [9.17, 15) is 9.59 Å². The van der Waals surface area contributed by atoms with Gasteiger partial charge in [-0.05, 0) is 34.5 Å². The Morgan fingerprint density at radius 1 is 0.966 bits per heavy atom. The van der Waals surface area contributed by atoms with Gasteiger partial charge in [-0.25, -0.2) is 4.79 Å². The van der Waals surface area contributed by atoms with Crippen LogP contribution < -0.4 is 4.90 Å². The van der Waals surface area contributed by atoms with Crippen LogP contribution in [0.3, 0.4) is 0 Å². The van der Waals surface area contributed by atoms with E-state index in [4.69, 9.17) is 4.74 Å². The van der Waals surface area contributed by atoms with Crippen LogP contribution in [-0.2, 0) is 14.9 Å². The van der Waals surface area contributed by atoms with Crippen molar-refractivity contribution in [3.05, 3.63) is 89.6 Å². The molecular weight excluding hydrogens is 362 g/mol. The topological polar surface area (TPSA) is 46.6 Å². The zero-order valence-corrected chi connectivity index (χ0v) is 16.8. The van der Waals surface area contributed by atoms with Gasteiger partial charge in [-0.2, -0.15) is 0 Å². The Morgan fingerprint density at radius 3 is 2.41 bits per heavy atom. The van der Waals surface area contributed by atoms with Gasteiger partial charge in [0.25, 0.3) is 0 Å². The summed E-state index contributed by atoms with van der Waals surface area (Å²) in [5.41, 5.74) is 3.31. The second kappa shape index (κ2) is 7.21. The second-order valence-electron chi connectivity index (χ2n) is 7.84. The quantitative estimate of drug-likeness (QED) is 0.474. The van der Waals surface area contributed by atoms with Crippen molar-refractivity contribution in [3.63, 3.8) is 0 Å². The molecule has 0 N–H and O–H groups in total. The van der Waals surface area contributed by atoms with Crippen molar-refractivity contribution in [2.75, 3.05) is 18.6 Å². The fraction of sp³-hybridized carbons (Fsp3) is 0.200. The Kier molecular flexibility index (Phi) is 4.71. The van der Waals surface area contributed by atoms with E-state index in [0.29, 0.717) is 5.56 Å². The molecule has 29 heavy (non-hydrogen) atoms. The van der Waals surface area contributed by atoms with Crippen molar-refractivity contribution in [2.24, 2.45) is 0 Å². The Hall–Kier alpha value is -3.40. The van der Waals surface area contributed by atoms with Crippen LogP contribution in [0.2, 0.25) is 0 Å². The summed E-state index contributed by atoms with van der Waals surface area (Å²) in [4.78, 5) is 27.0. The molecule has 3 aromatic carbocycles. The van der Waals surface area contributed by atoms with Crippen molar-refractivity contribution in [1.82, 2.24) is 0 Å². The number of fused-ring (bicyclic) bond motifs is 2. The first kappa shape index (κ1) is 18.9. The van der Waals surface area contributed by atoms with Gasteiger partial charge in [-0.1, -0.05) is 62.4 Å². The zero-order valence-electron chi connectivity index (χ0n) is 16.8. The first-order valence-corrected chi connectivity index (χ1v) is 9.62. The molecule has 0 amide bonds. The number of ether oxygens (including phenoxy) is 1. The number of rotatable bonds is 4. The maximum absolute atomic E-state index is 12.6. The lowest BCUT2D eigenvalue weighted by Crippen LogP contribution is -2.25. The number of nitrogens with zero attached hydrogens (tertiary/aromatic N) is 1. The third kappa shape index (κ3) is 3.42. The molecule has 0 bridgehead atoms. The van der Waals surface area contributed by atoms with E-state index >= 15 is 0 Å². The fourth-order valence-electron chi connectivity index (χ4n) is 3.99. The molecule has 0 atom stereocenters. The number of carbonyl (C=O) groups excluding carboxylic acids is 2. The van der Waals surface area contributed by atoms with Gasteiger partial charge in [0, 0.05) is 29.9 Å². The van der Waals surface area contributed by atoms with Gasteiger partial charge in [0.1, 0.15) is 0 Å². The van der Waals surface area contributed by atoms with Crippen LogP contribution >= 0.6 is 0 Å². The molecule has 0 saturated heterocycles. The number of hydrogen-bond acceptors (Lipinski definition) is 4. The van der Waals surface area contributed by atoms with Crippen LogP contribution in [0.1, 0.15) is 29.8 Å². The number of allylic oxidation sites excluding steroid dienone is 1. The molecule has 3 aromatic rings. The molecule has 1 heterocycles. The molecule has 0 saturated carbocycles. The molecule has 0 unspecified atom stereocenters. The molecule has 4 nitrogen and oxygen atoms in total. The highest BCUT2D eigenvalue weighted by Crippen LogP contribution is 2.46. The fourth-order valence-corrected chi connectivity index (χ4v) is 3.99. The third-order valence-corrected chi connectivity index (χ3v) is 5.57. The smallest absolute Gasteiger partial charge is 0.338 e. The SMILES string of the molecule is CN1C(=CC(=O)COC(=O)c2ccc3ccccc3c2)C(C)(C)c2ccccc21. The number of ketones is 1. The predicted molar refractivity (Wildman–Crippen MR) is 115 cm³/mol. The minimum atomic E-state index is -0.496. The number of anilines is 1. The molecule has 1 aliphatic heterocycles. The van der Waals surface area contributed by atoms with Crippen LogP contribution in [-0.4, -0.2) is 25.4 Å². The number of para-hydroxylation sites is 1. The van der Waals surface area contributed by atoms with Crippen molar-refractivity contribution >= 4 is 28.2 Å². The monoisotopic (exact) mass is 385 g/mol. The molecule has 0 aliphatic carbocycles. The summed E-state index contributed by atoms with van der Waals surface area (Å²) in [6.45, 7) is 3.90. The molecule has 146 valence electrons. The van der Waals surface area contributed by atoms with E-state index in [1.807, 2.05) is 60.5 Å². The van der Waals surface area contributed by atoms with Gasteiger partial charge in [0.2, 0.25) is 0 Å². The van der Waals surface area contributed by atoms with E-state index in [1.54, 1.807) is 18.2 Å². The molecular formula is C25H23NO3. The number of hydrogen-bond donors (Lipinski definition) is 0. The van der Waals surface area contributed by atoms with Crippen LogP contribution in [0.5, 0.6) is 0 Å². The minimum Gasteiger partial charge on any atom is -0.454 e. The number of carbonyl (C=O) groups is 2. The van der Waals surface area contributed by atoms with Crippen molar-refractivity contribution in [1.29, 1.82) is 0 Å². The maximum Gasteiger partial charge on any atom is 0.338 e.